The summed E-state index contributed by atoms with van der Waals surface area (Å²) >= 11 is 0. The Bertz CT molecular complexity index is 265. The number of rotatable bonds is 5. The number of hydrogen-bond donors (Lipinski definition) is 0. The zero-order valence-corrected chi connectivity index (χ0v) is 11.9. The summed E-state index contributed by atoms with van der Waals surface area (Å²) in [5.41, 5.74) is -0.156. The molecular formula is C14H27N3. The summed E-state index contributed by atoms with van der Waals surface area (Å²) in [6.07, 6.45) is 4.78. The van der Waals surface area contributed by atoms with E-state index in [1.54, 1.807) is 0 Å². The molecular weight excluding hydrogens is 210 g/mol. The molecule has 3 heteroatoms. The van der Waals surface area contributed by atoms with Gasteiger partial charge in [-0.15, -0.1) is 0 Å². The first-order valence-corrected chi connectivity index (χ1v) is 6.74. The Labute approximate surface area is 106 Å². The van der Waals surface area contributed by atoms with Gasteiger partial charge in [0.1, 0.15) is 0 Å². The van der Waals surface area contributed by atoms with Gasteiger partial charge in [-0.1, -0.05) is 0 Å². The fraction of sp³-hybridized carbons (Fsp3) is 0.929. The van der Waals surface area contributed by atoms with Crippen LogP contribution in [-0.4, -0.2) is 49.6 Å². The molecule has 1 aliphatic heterocycles. The Morgan fingerprint density at radius 1 is 1.41 bits per heavy atom. The molecule has 3 nitrogen and oxygen atoms in total. The lowest BCUT2D eigenvalue weighted by atomic mass is 9.89. The maximum atomic E-state index is 8.98. The normalized spacial score (nSPS) is 22.7. The SMILES string of the molecule is CN(C)C1CCCN(CCCC(C)(C)C#N)C1. The van der Waals surface area contributed by atoms with Gasteiger partial charge in [-0.3, -0.25) is 0 Å². The van der Waals surface area contributed by atoms with Crippen molar-refractivity contribution in [2.24, 2.45) is 5.41 Å². The van der Waals surface area contributed by atoms with E-state index in [0.717, 1.165) is 19.4 Å². The van der Waals surface area contributed by atoms with E-state index in [2.05, 4.69) is 30.0 Å². The molecule has 1 heterocycles. The van der Waals surface area contributed by atoms with Gasteiger partial charge in [-0.2, -0.15) is 5.26 Å². The maximum Gasteiger partial charge on any atom is 0.0683 e. The van der Waals surface area contributed by atoms with Crippen molar-refractivity contribution in [3.05, 3.63) is 0 Å². The minimum Gasteiger partial charge on any atom is -0.305 e. The summed E-state index contributed by atoms with van der Waals surface area (Å²) in [5, 5.41) is 8.98. The predicted molar refractivity (Wildman–Crippen MR) is 71.8 cm³/mol. The van der Waals surface area contributed by atoms with Crippen molar-refractivity contribution in [2.75, 3.05) is 33.7 Å². The predicted octanol–water partition coefficient (Wildman–Crippen LogP) is 2.34. The lowest BCUT2D eigenvalue weighted by Gasteiger charge is -2.36. The van der Waals surface area contributed by atoms with Gasteiger partial charge in [-0.25, -0.2) is 0 Å². The van der Waals surface area contributed by atoms with E-state index >= 15 is 0 Å². The molecule has 0 amide bonds. The third-order valence-electron chi connectivity index (χ3n) is 3.79. The topological polar surface area (TPSA) is 30.3 Å². The Kier molecular flexibility index (Phi) is 5.42. The Hall–Kier alpha value is -0.590. The van der Waals surface area contributed by atoms with Gasteiger partial charge in [0.05, 0.1) is 11.5 Å². The van der Waals surface area contributed by atoms with Crippen LogP contribution < -0.4 is 0 Å². The molecule has 98 valence electrons. The molecule has 0 bridgehead atoms. The minimum atomic E-state index is -0.156. The van der Waals surface area contributed by atoms with Crippen molar-refractivity contribution >= 4 is 0 Å². The van der Waals surface area contributed by atoms with Crippen LogP contribution in [0.15, 0.2) is 0 Å². The molecule has 0 spiro atoms. The van der Waals surface area contributed by atoms with E-state index < -0.39 is 0 Å². The molecule has 1 fully saturated rings. The summed E-state index contributed by atoms with van der Waals surface area (Å²) in [7, 11) is 4.35. The monoisotopic (exact) mass is 237 g/mol. The lowest BCUT2D eigenvalue weighted by Crippen LogP contribution is -2.45. The number of hydrogen-bond acceptors (Lipinski definition) is 3. The average Bonchev–Trinajstić information content (AvgIpc) is 2.29. The van der Waals surface area contributed by atoms with Gasteiger partial charge in [0.15, 0.2) is 0 Å². The number of likely N-dealkylation sites (tertiary alicyclic amines) is 1. The van der Waals surface area contributed by atoms with Crippen LogP contribution in [0, 0.1) is 16.7 Å². The van der Waals surface area contributed by atoms with Crippen molar-refractivity contribution in [3.8, 4) is 6.07 Å². The number of likely N-dealkylation sites (N-methyl/N-ethyl adjacent to an activating group) is 1. The molecule has 0 saturated carbocycles. The first-order valence-electron chi connectivity index (χ1n) is 6.74. The molecule has 0 aromatic carbocycles. The van der Waals surface area contributed by atoms with E-state index in [1.807, 2.05) is 13.8 Å². The molecule has 0 aromatic heterocycles. The van der Waals surface area contributed by atoms with Crippen LogP contribution in [0.2, 0.25) is 0 Å². The zero-order chi connectivity index (χ0) is 12.9. The van der Waals surface area contributed by atoms with Crippen LogP contribution >= 0.6 is 0 Å². The van der Waals surface area contributed by atoms with Crippen LogP contribution in [0.5, 0.6) is 0 Å². The van der Waals surface area contributed by atoms with E-state index in [9.17, 15) is 0 Å². The highest BCUT2D eigenvalue weighted by Gasteiger charge is 2.22. The highest BCUT2D eigenvalue weighted by atomic mass is 15.2. The quantitative estimate of drug-likeness (QED) is 0.735. The molecule has 0 aliphatic carbocycles. The molecule has 0 radical (unpaired) electrons. The summed E-state index contributed by atoms with van der Waals surface area (Å²) in [6.45, 7) is 7.64. The Morgan fingerprint density at radius 3 is 2.71 bits per heavy atom. The lowest BCUT2D eigenvalue weighted by molar-refractivity contribution is 0.129. The maximum absolute atomic E-state index is 8.98. The molecule has 0 N–H and O–H groups in total. The van der Waals surface area contributed by atoms with E-state index in [1.165, 1.54) is 25.9 Å². The van der Waals surface area contributed by atoms with Gasteiger partial charge < -0.3 is 9.80 Å². The Balaban J connectivity index is 2.26. The fourth-order valence-electron chi connectivity index (χ4n) is 2.46. The number of nitrogens with zero attached hydrogens (tertiary/aromatic N) is 3. The molecule has 0 aromatic rings. The average molecular weight is 237 g/mol. The van der Waals surface area contributed by atoms with Crippen LogP contribution in [0.3, 0.4) is 0 Å². The highest BCUT2D eigenvalue weighted by Crippen LogP contribution is 2.21. The largest absolute Gasteiger partial charge is 0.305 e. The minimum absolute atomic E-state index is 0.156. The third kappa shape index (κ3) is 5.06. The number of piperidine rings is 1. The van der Waals surface area contributed by atoms with E-state index in [0.29, 0.717) is 6.04 Å². The smallest absolute Gasteiger partial charge is 0.0683 e. The van der Waals surface area contributed by atoms with Gasteiger partial charge >= 0.3 is 0 Å². The van der Waals surface area contributed by atoms with Crippen molar-refractivity contribution in [1.82, 2.24) is 9.80 Å². The summed E-state index contributed by atoms with van der Waals surface area (Å²) in [4.78, 5) is 4.90. The third-order valence-corrected chi connectivity index (χ3v) is 3.79. The summed E-state index contributed by atoms with van der Waals surface area (Å²) < 4.78 is 0. The van der Waals surface area contributed by atoms with Crippen molar-refractivity contribution in [2.45, 2.75) is 45.6 Å². The number of nitriles is 1. The zero-order valence-electron chi connectivity index (χ0n) is 11.9. The van der Waals surface area contributed by atoms with Crippen molar-refractivity contribution in [3.63, 3.8) is 0 Å². The van der Waals surface area contributed by atoms with Crippen molar-refractivity contribution < 1.29 is 0 Å². The standard InChI is InChI=1S/C14H27N3/c1-14(2,12-15)8-6-10-17-9-5-7-13(11-17)16(3)4/h13H,5-11H2,1-4H3. The second kappa shape index (κ2) is 6.37. The van der Waals surface area contributed by atoms with E-state index in [-0.39, 0.29) is 5.41 Å². The second-order valence-electron chi connectivity index (χ2n) is 6.16. The molecule has 1 saturated heterocycles. The summed E-state index contributed by atoms with van der Waals surface area (Å²) in [6, 6.07) is 3.09. The Morgan fingerprint density at radius 2 is 2.12 bits per heavy atom. The molecule has 17 heavy (non-hydrogen) atoms. The molecule has 1 atom stereocenters. The van der Waals surface area contributed by atoms with Gasteiger partial charge in [0, 0.05) is 12.6 Å². The molecule has 1 unspecified atom stereocenters. The van der Waals surface area contributed by atoms with Crippen LogP contribution in [0.25, 0.3) is 0 Å². The van der Waals surface area contributed by atoms with Crippen LogP contribution in [0.4, 0.5) is 0 Å². The van der Waals surface area contributed by atoms with E-state index in [4.69, 9.17) is 5.26 Å². The first kappa shape index (κ1) is 14.5. The van der Waals surface area contributed by atoms with Gasteiger partial charge in [0.2, 0.25) is 0 Å². The first-order chi connectivity index (χ1) is 7.94. The van der Waals surface area contributed by atoms with Crippen LogP contribution in [-0.2, 0) is 0 Å². The molecule has 1 rings (SSSR count). The second-order valence-corrected chi connectivity index (χ2v) is 6.16. The fourth-order valence-corrected chi connectivity index (χ4v) is 2.46. The summed E-state index contributed by atoms with van der Waals surface area (Å²) in [5.74, 6) is 0. The molecule has 1 aliphatic rings. The highest BCUT2D eigenvalue weighted by molar-refractivity contribution is 4.91. The van der Waals surface area contributed by atoms with Gasteiger partial charge in [-0.05, 0) is 66.7 Å². The van der Waals surface area contributed by atoms with Crippen molar-refractivity contribution in [1.29, 1.82) is 5.26 Å². The van der Waals surface area contributed by atoms with Gasteiger partial charge in [0.25, 0.3) is 0 Å². The van der Waals surface area contributed by atoms with Crippen LogP contribution in [0.1, 0.15) is 39.5 Å².